The summed E-state index contributed by atoms with van der Waals surface area (Å²) in [4.78, 5) is 4.12. The number of fused-ring (bicyclic) bond motifs is 3. The molecule has 0 atom stereocenters. The molecule has 0 unspecified atom stereocenters. The first-order valence-electron chi connectivity index (χ1n) is 10.9. The molecule has 0 aliphatic rings. The van der Waals surface area contributed by atoms with Gasteiger partial charge in [0.25, 0.3) is 0 Å². The van der Waals surface area contributed by atoms with Crippen LogP contribution in [0.1, 0.15) is 5.56 Å². The molecule has 2 heterocycles. The van der Waals surface area contributed by atoms with Gasteiger partial charge in [0.2, 0.25) is 0 Å². The highest BCUT2D eigenvalue weighted by atomic mass is 15.0. The fourth-order valence-electron chi connectivity index (χ4n) is 4.70. The summed E-state index contributed by atoms with van der Waals surface area (Å²) in [5, 5.41) is 12.1. The number of benzene rings is 4. The normalized spacial score (nSPS) is 11.0. The lowest BCUT2D eigenvalue weighted by Gasteiger charge is -2.14. The van der Waals surface area contributed by atoms with Crippen molar-refractivity contribution < 1.29 is 0 Å². The Morgan fingerprint density at radius 1 is 0.636 bits per heavy atom. The Morgan fingerprint density at radius 3 is 2.03 bits per heavy atom. The first-order chi connectivity index (χ1) is 16.3. The van der Waals surface area contributed by atoms with Crippen LogP contribution in [-0.4, -0.2) is 9.55 Å². The first-order valence-corrected chi connectivity index (χ1v) is 10.9. The second kappa shape index (κ2) is 7.78. The van der Waals surface area contributed by atoms with Crippen LogP contribution in [0.3, 0.4) is 0 Å². The molecule has 0 aliphatic carbocycles. The number of aromatic nitrogens is 2. The number of nitriles is 1. The summed E-state index contributed by atoms with van der Waals surface area (Å²) in [7, 11) is 0. The van der Waals surface area contributed by atoms with Crippen molar-refractivity contribution in [3.05, 3.63) is 121 Å². The Bertz CT molecular complexity index is 1630. The minimum absolute atomic E-state index is 0.573. The maximum absolute atomic E-state index is 9.62. The summed E-state index contributed by atoms with van der Waals surface area (Å²) < 4.78 is 2.32. The van der Waals surface area contributed by atoms with Gasteiger partial charge in [-0.15, -0.1) is 0 Å². The SMILES string of the molecule is N#Cc1cnccc1-c1ccccc1-c1cccc(-n2c3ccccc3c3ccccc32)c1. The Hall–Kier alpha value is -4.68. The molecule has 0 fully saturated rings. The smallest absolute Gasteiger partial charge is 0.101 e. The Morgan fingerprint density at radius 2 is 1.30 bits per heavy atom. The molecule has 0 saturated carbocycles. The van der Waals surface area contributed by atoms with Crippen LogP contribution < -0.4 is 0 Å². The van der Waals surface area contributed by atoms with Crippen LogP contribution in [0.2, 0.25) is 0 Å². The Balaban J connectivity index is 1.59. The van der Waals surface area contributed by atoms with Crippen molar-refractivity contribution in [1.82, 2.24) is 9.55 Å². The molecule has 3 nitrogen and oxygen atoms in total. The quantitative estimate of drug-likeness (QED) is 0.299. The molecule has 0 spiro atoms. The molecule has 0 amide bonds. The van der Waals surface area contributed by atoms with E-state index in [1.54, 1.807) is 12.4 Å². The van der Waals surface area contributed by atoms with Gasteiger partial charge in [0, 0.05) is 34.4 Å². The third-order valence-corrected chi connectivity index (χ3v) is 6.15. The maximum atomic E-state index is 9.62. The summed E-state index contributed by atoms with van der Waals surface area (Å²) in [5.41, 5.74) is 8.16. The topological polar surface area (TPSA) is 41.6 Å². The molecule has 0 N–H and O–H groups in total. The molecule has 3 heteroatoms. The van der Waals surface area contributed by atoms with Crippen molar-refractivity contribution in [2.24, 2.45) is 0 Å². The first kappa shape index (κ1) is 19.0. The van der Waals surface area contributed by atoms with Gasteiger partial charge in [0.05, 0.1) is 16.6 Å². The van der Waals surface area contributed by atoms with Crippen molar-refractivity contribution in [3.8, 4) is 34.0 Å². The van der Waals surface area contributed by atoms with E-state index in [1.165, 1.54) is 21.8 Å². The van der Waals surface area contributed by atoms with E-state index in [9.17, 15) is 5.26 Å². The highest BCUT2D eigenvalue weighted by Crippen LogP contribution is 2.36. The Labute approximate surface area is 191 Å². The van der Waals surface area contributed by atoms with E-state index in [0.717, 1.165) is 27.9 Å². The maximum Gasteiger partial charge on any atom is 0.101 e. The molecule has 2 aromatic heterocycles. The van der Waals surface area contributed by atoms with Crippen LogP contribution in [0.5, 0.6) is 0 Å². The van der Waals surface area contributed by atoms with Crippen molar-refractivity contribution in [3.63, 3.8) is 0 Å². The molecular weight excluding hydrogens is 402 g/mol. The van der Waals surface area contributed by atoms with Gasteiger partial charge in [0.15, 0.2) is 0 Å². The van der Waals surface area contributed by atoms with Crippen LogP contribution in [0, 0.1) is 11.3 Å². The van der Waals surface area contributed by atoms with Gasteiger partial charge in [-0.2, -0.15) is 5.26 Å². The van der Waals surface area contributed by atoms with E-state index in [0.29, 0.717) is 5.56 Å². The largest absolute Gasteiger partial charge is 0.309 e. The molecule has 0 aliphatic heterocycles. The van der Waals surface area contributed by atoms with Gasteiger partial charge in [-0.25, -0.2) is 0 Å². The van der Waals surface area contributed by atoms with Crippen molar-refractivity contribution in [1.29, 1.82) is 5.26 Å². The lowest BCUT2D eigenvalue weighted by Crippen LogP contribution is -1.95. The van der Waals surface area contributed by atoms with Gasteiger partial charge < -0.3 is 4.57 Å². The number of pyridine rings is 1. The van der Waals surface area contributed by atoms with E-state index in [-0.39, 0.29) is 0 Å². The van der Waals surface area contributed by atoms with Crippen molar-refractivity contribution >= 4 is 21.8 Å². The molecule has 154 valence electrons. The Kier molecular flexibility index (Phi) is 4.49. The number of hydrogen-bond acceptors (Lipinski definition) is 2. The van der Waals surface area contributed by atoms with E-state index in [1.807, 2.05) is 18.2 Å². The molecule has 0 saturated heterocycles. The average Bonchev–Trinajstić information content (AvgIpc) is 3.23. The van der Waals surface area contributed by atoms with Crippen LogP contribution >= 0.6 is 0 Å². The summed E-state index contributed by atoms with van der Waals surface area (Å²) in [6, 6.07) is 38.1. The van der Waals surface area contributed by atoms with E-state index in [4.69, 9.17) is 0 Å². The summed E-state index contributed by atoms with van der Waals surface area (Å²) in [5.74, 6) is 0. The molecule has 0 radical (unpaired) electrons. The highest BCUT2D eigenvalue weighted by molar-refractivity contribution is 6.09. The fourth-order valence-corrected chi connectivity index (χ4v) is 4.70. The summed E-state index contributed by atoms with van der Waals surface area (Å²) in [6.07, 6.45) is 3.36. The molecule has 6 rings (SSSR count). The minimum Gasteiger partial charge on any atom is -0.309 e. The van der Waals surface area contributed by atoms with E-state index in [2.05, 4.69) is 101 Å². The van der Waals surface area contributed by atoms with Gasteiger partial charge in [0.1, 0.15) is 6.07 Å². The van der Waals surface area contributed by atoms with Crippen molar-refractivity contribution in [2.45, 2.75) is 0 Å². The van der Waals surface area contributed by atoms with Crippen LogP contribution in [0.15, 0.2) is 116 Å². The van der Waals surface area contributed by atoms with Crippen LogP contribution in [0.4, 0.5) is 0 Å². The zero-order chi connectivity index (χ0) is 22.2. The summed E-state index contributed by atoms with van der Waals surface area (Å²) >= 11 is 0. The molecule has 33 heavy (non-hydrogen) atoms. The van der Waals surface area contributed by atoms with Crippen LogP contribution in [0.25, 0.3) is 49.7 Å². The predicted molar refractivity (Wildman–Crippen MR) is 134 cm³/mol. The highest BCUT2D eigenvalue weighted by Gasteiger charge is 2.14. The zero-order valence-electron chi connectivity index (χ0n) is 17.8. The third kappa shape index (κ3) is 3.09. The monoisotopic (exact) mass is 421 g/mol. The molecule has 0 bridgehead atoms. The molecular formula is C30H19N3. The van der Waals surface area contributed by atoms with Gasteiger partial charge >= 0.3 is 0 Å². The van der Waals surface area contributed by atoms with Gasteiger partial charge in [-0.05, 0) is 47.0 Å². The standard InChI is InChI=1S/C30H19N3/c31-19-22-20-32-17-16-25(22)26-11-2-1-10-24(26)21-8-7-9-23(18-21)33-29-14-5-3-12-27(29)28-13-4-6-15-30(28)33/h1-18,20H. The second-order valence-electron chi connectivity index (χ2n) is 8.00. The third-order valence-electron chi connectivity index (χ3n) is 6.15. The average molecular weight is 422 g/mol. The molecule has 6 aromatic rings. The van der Waals surface area contributed by atoms with Gasteiger partial charge in [-0.1, -0.05) is 72.8 Å². The minimum atomic E-state index is 0.573. The number of nitrogens with zero attached hydrogens (tertiary/aromatic N) is 3. The summed E-state index contributed by atoms with van der Waals surface area (Å²) in [6.45, 7) is 0. The fraction of sp³-hybridized carbons (Fsp3) is 0. The van der Waals surface area contributed by atoms with Crippen molar-refractivity contribution in [2.75, 3.05) is 0 Å². The van der Waals surface area contributed by atoms with E-state index >= 15 is 0 Å². The molecule has 4 aromatic carbocycles. The predicted octanol–water partition coefficient (Wildman–Crippen LogP) is 7.38. The number of para-hydroxylation sites is 2. The second-order valence-corrected chi connectivity index (χ2v) is 8.00. The van der Waals surface area contributed by atoms with Crippen LogP contribution in [-0.2, 0) is 0 Å². The number of rotatable bonds is 3. The lowest BCUT2D eigenvalue weighted by molar-refractivity contribution is 1.18. The van der Waals surface area contributed by atoms with Gasteiger partial charge in [-0.3, -0.25) is 4.98 Å². The number of hydrogen-bond donors (Lipinski definition) is 0. The van der Waals surface area contributed by atoms with E-state index < -0.39 is 0 Å². The zero-order valence-corrected chi connectivity index (χ0v) is 17.8. The lowest BCUT2D eigenvalue weighted by atomic mass is 9.93.